The Balaban J connectivity index is 4.39. The van der Waals surface area contributed by atoms with Gasteiger partial charge in [0, 0.05) is 19.3 Å². The van der Waals surface area contributed by atoms with Crippen molar-refractivity contribution in [2.45, 2.75) is 258 Å². The number of unbranched alkanes of at least 4 members (excludes halogenated alkanes) is 25. The fourth-order valence-electron chi connectivity index (χ4n) is 7.14. The van der Waals surface area contributed by atoms with Crippen molar-refractivity contribution in [2.75, 3.05) is 13.2 Å². The maximum absolute atomic E-state index is 12.8. The van der Waals surface area contributed by atoms with Crippen molar-refractivity contribution in [3.8, 4) is 0 Å². The van der Waals surface area contributed by atoms with Crippen molar-refractivity contribution in [3.63, 3.8) is 0 Å². The molecule has 0 bridgehead atoms. The molecule has 0 aliphatic rings. The van der Waals surface area contributed by atoms with Crippen LogP contribution in [0.1, 0.15) is 252 Å². The van der Waals surface area contributed by atoms with Gasteiger partial charge >= 0.3 is 17.9 Å². The van der Waals surface area contributed by atoms with Crippen LogP contribution in [-0.2, 0) is 28.6 Å². The van der Waals surface area contributed by atoms with Crippen molar-refractivity contribution in [1.29, 1.82) is 0 Å². The Bertz CT molecular complexity index is 1120. The van der Waals surface area contributed by atoms with Gasteiger partial charge in [0.15, 0.2) is 6.10 Å². The number of carbonyl (C=O) groups excluding carboxylic acids is 3. The molecule has 0 aliphatic heterocycles. The normalized spacial score (nSPS) is 12.5. The van der Waals surface area contributed by atoms with Gasteiger partial charge in [-0.2, -0.15) is 0 Å². The van der Waals surface area contributed by atoms with Crippen LogP contribution in [0.5, 0.6) is 0 Å². The number of ether oxygens (including phenoxy) is 3. The van der Waals surface area contributed by atoms with E-state index < -0.39 is 6.10 Å². The number of esters is 3. The fraction of sp³-hybridized carbons (Fsp3) is 0.764. The molecule has 0 saturated heterocycles. The molecule has 0 rings (SSSR count). The summed E-state index contributed by atoms with van der Waals surface area (Å²) < 4.78 is 16.8. The molecule has 0 aromatic heterocycles. The van der Waals surface area contributed by atoms with Crippen LogP contribution in [-0.4, -0.2) is 37.2 Å². The van der Waals surface area contributed by atoms with Gasteiger partial charge in [-0.15, -0.1) is 0 Å². The molecule has 6 heteroatoms. The Hall–Kier alpha value is -2.89. The molecule has 0 saturated carbocycles. The highest BCUT2D eigenvalue weighted by Gasteiger charge is 2.19. The molecule has 0 radical (unpaired) electrons. The highest BCUT2D eigenvalue weighted by molar-refractivity contribution is 5.71. The molecule has 1 unspecified atom stereocenters. The smallest absolute Gasteiger partial charge is 0.306 e. The molecule has 0 fully saturated rings. The highest BCUT2D eigenvalue weighted by Crippen LogP contribution is 2.15. The summed E-state index contributed by atoms with van der Waals surface area (Å²) in [6.07, 6.45) is 60.6. The second kappa shape index (κ2) is 49.8. The summed E-state index contributed by atoms with van der Waals surface area (Å²) in [5.74, 6) is -0.929. The standard InChI is InChI=1S/C55H96O6/c1-4-7-10-13-16-19-22-25-26-27-28-31-33-36-39-42-45-48-54(57)60-51-52(61-55(58)49-46-43-40-37-34-30-24-21-18-15-12-9-6-3)50-59-53(56)47-44-41-38-35-32-29-23-20-17-14-11-8-5-2/h9,11-12,14,18,20-21,23,30,34,52H,4-8,10,13,15-17,19,22,24-29,31-33,35-51H2,1-3H3/b12-9-,14-11-,21-18-,23-20-,34-30-. The first kappa shape index (κ1) is 58.1. The van der Waals surface area contributed by atoms with Crippen molar-refractivity contribution in [3.05, 3.63) is 60.8 Å². The number of allylic oxidation sites excluding steroid dienone is 10. The predicted molar refractivity (Wildman–Crippen MR) is 261 cm³/mol. The van der Waals surface area contributed by atoms with E-state index in [9.17, 15) is 14.4 Å². The summed E-state index contributed by atoms with van der Waals surface area (Å²) >= 11 is 0. The molecule has 0 aliphatic carbocycles. The zero-order valence-electron chi connectivity index (χ0n) is 40.2. The van der Waals surface area contributed by atoms with Gasteiger partial charge in [0.05, 0.1) is 0 Å². The Morgan fingerprint density at radius 2 is 0.672 bits per heavy atom. The Labute approximate surface area is 377 Å². The molecule has 352 valence electrons. The minimum absolute atomic E-state index is 0.0889. The monoisotopic (exact) mass is 853 g/mol. The van der Waals surface area contributed by atoms with Crippen LogP contribution in [0.15, 0.2) is 60.8 Å². The van der Waals surface area contributed by atoms with Gasteiger partial charge in [-0.3, -0.25) is 14.4 Å². The first-order valence-electron chi connectivity index (χ1n) is 25.8. The summed E-state index contributed by atoms with van der Waals surface area (Å²) in [6.45, 7) is 6.43. The molecule has 0 aromatic rings. The number of rotatable bonds is 46. The third-order valence-corrected chi connectivity index (χ3v) is 11.0. The second-order valence-electron chi connectivity index (χ2n) is 17.1. The van der Waals surface area contributed by atoms with Gasteiger partial charge in [-0.05, 0) is 77.0 Å². The predicted octanol–water partition coefficient (Wildman–Crippen LogP) is 16.9. The second-order valence-corrected chi connectivity index (χ2v) is 17.1. The van der Waals surface area contributed by atoms with Gasteiger partial charge in [-0.1, -0.05) is 216 Å². The highest BCUT2D eigenvalue weighted by atomic mass is 16.6. The largest absolute Gasteiger partial charge is 0.462 e. The van der Waals surface area contributed by atoms with Gasteiger partial charge in [-0.25, -0.2) is 0 Å². The molecule has 1 atom stereocenters. The summed E-state index contributed by atoms with van der Waals surface area (Å²) in [5, 5.41) is 0. The topological polar surface area (TPSA) is 78.9 Å². The molecule has 6 nitrogen and oxygen atoms in total. The van der Waals surface area contributed by atoms with E-state index in [2.05, 4.69) is 81.5 Å². The quantitative estimate of drug-likeness (QED) is 0.0263. The van der Waals surface area contributed by atoms with Gasteiger partial charge < -0.3 is 14.2 Å². The zero-order valence-corrected chi connectivity index (χ0v) is 40.2. The molecule has 0 aromatic carbocycles. The lowest BCUT2D eigenvalue weighted by Gasteiger charge is -2.18. The minimum atomic E-state index is -0.792. The van der Waals surface area contributed by atoms with E-state index in [-0.39, 0.29) is 31.1 Å². The van der Waals surface area contributed by atoms with Crippen LogP contribution in [0.3, 0.4) is 0 Å². The first-order valence-corrected chi connectivity index (χ1v) is 25.8. The third-order valence-electron chi connectivity index (χ3n) is 11.0. The zero-order chi connectivity index (χ0) is 44.4. The molecule has 0 amide bonds. The lowest BCUT2D eigenvalue weighted by Crippen LogP contribution is -2.30. The molecule has 0 spiro atoms. The minimum Gasteiger partial charge on any atom is -0.462 e. The van der Waals surface area contributed by atoms with E-state index in [0.29, 0.717) is 19.3 Å². The molecular formula is C55H96O6. The maximum atomic E-state index is 12.8. The van der Waals surface area contributed by atoms with Crippen molar-refractivity contribution >= 4 is 17.9 Å². The number of hydrogen-bond donors (Lipinski definition) is 0. The fourth-order valence-corrected chi connectivity index (χ4v) is 7.14. The van der Waals surface area contributed by atoms with E-state index in [1.165, 1.54) is 96.3 Å². The van der Waals surface area contributed by atoms with Crippen molar-refractivity contribution in [1.82, 2.24) is 0 Å². The number of hydrogen-bond acceptors (Lipinski definition) is 6. The summed E-state index contributed by atoms with van der Waals surface area (Å²) in [7, 11) is 0. The van der Waals surface area contributed by atoms with Crippen LogP contribution < -0.4 is 0 Å². The Morgan fingerprint density at radius 3 is 1.08 bits per heavy atom. The van der Waals surface area contributed by atoms with E-state index in [1.807, 2.05) is 0 Å². The lowest BCUT2D eigenvalue weighted by atomic mass is 10.0. The van der Waals surface area contributed by atoms with Crippen LogP contribution in [0.25, 0.3) is 0 Å². The van der Waals surface area contributed by atoms with Crippen LogP contribution >= 0.6 is 0 Å². The van der Waals surface area contributed by atoms with Crippen LogP contribution in [0.2, 0.25) is 0 Å². The van der Waals surface area contributed by atoms with Crippen molar-refractivity contribution < 1.29 is 28.6 Å². The van der Waals surface area contributed by atoms with Crippen LogP contribution in [0.4, 0.5) is 0 Å². The SMILES string of the molecule is CC/C=C\C/C=C\C/C=C\CCCCCC(=O)OC(COC(=O)CCCCCCC/C=C\C/C=C\CCC)COC(=O)CCCCCCCCCCCCCCCCCCC. The lowest BCUT2D eigenvalue weighted by molar-refractivity contribution is -0.167. The first-order chi connectivity index (χ1) is 30.0. The number of carbonyl (C=O) groups is 3. The van der Waals surface area contributed by atoms with Gasteiger partial charge in [0.1, 0.15) is 13.2 Å². The summed E-state index contributed by atoms with van der Waals surface area (Å²) in [4.78, 5) is 37.9. The maximum Gasteiger partial charge on any atom is 0.306 e. The Morgan fingerprint density at radius 1 is 0.344 bits per heavy atom. The molecular weight excluding hydrogens is 757 g/mol. The average molecular weight is 853 g/mol. The summed E-state index contributed by atoms with van der Waals surface area (Å²) in [6, 6.07) is 0. The van der Waals surface area contributed by atoms with E-state index >= 15 is 0 Å². The third kappa shape index (κ3) is 48.0. The van der Waals surface area contributed by atoms with Crippen LogP contribution in [0, 0.1) is 0 Å². The van der Waals surface area contributed by atoms with Crippen molar-refractivity contribution in [2.24, 2.45) is 0 Å². The van der Waals surface area contributed by atoms with Gasteiger partial charge in [0.25, 0.3) is 0 Å². The van der Waals surface area contributed by atoms with E-state index in [0.717, 1.165) is 116 Å². The molecule has 0 heterocycles. The van der Waals surface area contributed by atoms with E-state index in [4.69, 9.17) is 14.2 Å². The van der Waals surface area contributed by atoms with Gasteiger partial charge in [0.2, 0.25) is 0 Å². The molecule has 61 heavy (non-hydrogen) atoms. The molecule has 0 N–H and O–H groups in total. The average Bonchev–Trinajstić information content (AvgIpc) is 3.26. The summed E-state index contributed by atoms with van der Waals surface area (Å²) in [5.41, 5.74) is 0. The Kier molecular flexibility index (Phi) is 47.4. The van der Waals surface area contributed by atoms with E-state index in [1.54, 1.807) is 0 Å².